The summed E-state index contributed by atoms with van der Waals surface area (Å²) >= 11 is 6.72. The number of rotatable bonds is 6. The molecule has 3 aromatic rings. The fourth-order valence-electron chi connectivity index (χ4n) is 4.72. The molecule has 0 saturated heterocycles. The molecule has 0 bridgehead atoms. The molecule has 0 unspecified atom stereocenters. The highest BCUT2D eigenvalue weighted by molar-refractivity contribution is 9.10. The zero-order valence-electron chi connectivity index (χ0n) is 21.7. The molecule has 4 rings (SSSR count). The van der Waals surface area contributed by atoms with E-state index in [1.54, 1.807) is 24.0 Å². The van der Waals surface area contributed by atoms with E-state index in [0.717, 1.165) is 10.0 Å². The van der Waals surface area contributed by atoms with Crippen molar-refractivity contribution in [1.29, 1.82) is 0 Å². The predicted molar refractivity (Wildman–Crippen MR) is 148 cm³/mol. The van der Waals surface area contributed by atoms with Gasteiger partial charge in [-0.15, -0.1) is 0 Å². The van der Waals surface area contributed by atoms with Crippen LogP contribution in [0.1, 0.15) is 60.7 Å². The average Bonchev–Trinajstić information content (AvgIpc) is 2.89. The summed E-state index contributed by atoms with van der Waals surface area (Å²) in [6.45, 7) is 3.88. The summed E-state index contributed by atoms with van der Waals surface area (Å²) in [6, 6.07) is 6.33. The van der Waals surface area contributed by atoms with Crippen molar-refractivity contribution in [3.8, 4) is 0 Å². The van der Waals surface area contributed by atoms with Gasteiger partial charge in [0, 0.05) is 23.1 Å². The molecule has 41 heavy (non-hydrogen) atoms. The van der Waals surface area contributed by atoms with E-state index in [0.29, 0.717) is 35.1 Å². The largest absolute Gasteiger partial charge is 0.449 e. The van der Waals surface area contributed by atoms with E-state index >= 15 is 0 Å². The lowest BCUT2D eigenvalue weighted by Crippen LogP contribution is -2.46. The van der Waals surface area contributed by atoms with E-state index in [2.05, 4.69) is 47.1 Å². The summed E-state index contributed by atoms with van der Waals surface area (Å²) in [4.78, 5) is 23.1. The summed E-state index contributed by atoms with van der Waals surface area (Å²) in [5.74, 6) is 0.126. The molecule has 0 fully saturated rings. The Morgan fingerprint density at radius 3 is 2.29 bits per heavy atom. The first-order valence-electron chi connectivity index (χ1n) is 12.5. The van der Waals surface area contributed by atoms with Gasteiger partial charge >= 0.3 is 18.4 Å². The number of alkyl halides is 6. The number of amides is 1. The molecular formula is C27H24Br2F6N4O2. The Morgan fingerprint density at radius 2 is 1.71 bits per heavy atom. The lowest BCUT2D eigenvalue weighted by Gasteiger charge is -2.40. The molecule has 1 N–H and O–H groups in total. The molecule has 0 saturated carbocycles. The zero-order valence-corrected chi connectivity index (χ0v) is 24.9. The van der Waals surface area contributed by atoms with Gasteiger partial charge in [0.15, 0.2) is 0 Å². The van der Waals surface area contributed by atoms with Gasteiger partial charge in [0.05, 0.1) is 39.6 Å². The Morgan fingerprint density at radius 1 is 1.05 bits per heavy atom. The fourth-order valence-corrected chi connectivity index (χ4v) is 5.43. The summed E-state index contributed by atoms with van der Waals surface area (Å²) in [6.07, 6.45) is -8.22. The third kappa shape index (κ3) is 7.14. The van der Waals surface area contributed by atoms with Crippen LogP contribution in [0.15, 0.2) is 51.5 Å². The van der Waals surface area contributed by atoms with Crippen molar-refractivity contribution < 1.29 is 35.9 Å². The number of aromatic nitrogens is 2. The molecule has 14 heteroatoms. The van der Waals surface area contributed by atoms with Crippen molar-refractivity contribution in [2.24, 2.45) is 0 Å². The molecule has 2 atom stereocenters. The molecule has 2 aromatic carbocycles. The molecule has 6 nitrogen and oxygen atoms in total. The Kier molecular flexibility index (Phi) is 9.22. The van der Waals surface area contributed by atoms with Crippen molar-refractivity contribution in [2.45, 2.75) is 57.5 Å². The number of fused-ring (bicyclic) bond motifs is 1. The quantitative estimate of drug-likeness (QED) is 0.259. The lowest BCUT2D eigenvalue weighted by molar-refractivity contribution is -0.143. The molecular weight excluding hydrogens is 686 g/mol. The summed E-state index contributed by atoms with van der Waals surface area (Å²) < 4.78 is 86.5. The first-order chi connectivity index (χ1) is 19.2. The highest BCUT2D eigenvalue weighted by Gasteiger charge is 2.38. The summed E-state index contributed by atoms with van der Waals surface area (Å²) in [7, 11) is 0. The van der Waals surface area contributed by atoms with Gasteiger partial charge in [-0.3, -0.25) is 4.90 Å². The van der Waals surface area contributed by atoms with Crippen LogP contribution in [0.5, 0.6) is 0 Å². The Hall–Kier alpha value is -2.87. The molecule has 2 heterocycles. The normalized spacial score (nSPS) is 17.3. The number of benzene rings is 2. The minimum atomic E-state index is -4.96. The van der Waals surface area contributed by atoms with Gasteiger partial charge < -0.3 is 10.1 Å². The van der Waals surface area contributed by atoms with Gasteiger partial charge in [-0.2, -0.15) is 26.3 Å². The number of carbonyl (C=O) groups is 1. The highest BCUT2D eigenvalue weighted by Crippen LogP contribution is 2.42. The minimum Gasteiger partial charge on any atom is -0.449 e. The number of anilines is 2. The Bertz CT molecular complexity index is 1400. The van der Waals surface area contributed by atoms with E-state index < -0.39 is 29.6 Å². The second kappa shape index (κ2) is 12.2. The van der Waals surface area contributed by atoms with E-state index in [4.69, 9.17) is 4.74 Å². The van der Waals surface area contributed by atoms with Crippen LogP contribution in [-0.4, -0.2) is 28.7 Å². The van der Waals surface area contributed by atoms with Gasteiger partial charge in [-0.05, 0) is 83.2 Å². The van der Waals surface area contributed by atoms with Gasteiger partial charge in [-0.1, -0.05) is 22.9 Å². The molecule has 0 aliphatic carbocycles. The van der Waals surface area contributed by atoms with Crippen molar-refractivity contribution >= 4 is 49.6 Å². The van der Waals surface area contributed by atoms with Crippen LogP contribution < -0.4 is 10.2 Å². The number of nitrogens with one attached hydrogen (secondary N) is 1. The summed E-state index contributed by atoms with van der Waals surface area (Å²) in [5, 5.41) is 3.24. The second-order valence-electron chi connectivity index (χ2n) is 9.35. The van der Waals surface area contributed by atoms with Crippen molar-refractivity contribution in [1.82, 2.24) is 9.97 Å². The topological polar surface area (TPSA) is 67.3 Å². The maximum atomic E-state index is 13.4. The van der Waals surface area contributed by atoms with E-state index in [1.165, 1.54) is 6.20 Å². The molecule has 0 radical (unpaired) electrons. The number of halogens is 8. The van der Waals surface area contributed by atoms with E-state index in [-0.39, 0.29) is 48.4 Å². The Balaban J connectivity index is 1.68. The third-order valence-corrected chi connectivity index (χ3v) is 7.73. The van der Waals surface area contributed by atoms with Gasteiger partial charge in [0.25, 0.3) is 0 Å². The maximum Gasteiger partial charge on any atom is 0.416 e. The number of ether oxygens (including phenoxy) is 1. The highest BCUT2D eigenvalue weighted by atomic mass is 79.9. The molecule has 1 aliphatic rings. The van der Waals surface area contributed by atoms with Gasteiger partial charge in [0.2, 0.25) is 5.95 Å². The molecule has 1 amide bonds. The first kappa shape index (κ1) is 31.1. The summed E-state index contributed by atoms with van der Waals surface area (Å²) in [5.41, 5.74) is -1.40. The van der Waals surface area contributed by atoms with Crippen molar-refractivity contribution in [3.05, 3.63) is 79.5 Å². The van der Waals surface area contributed by atoms with Crippen LogP contribution in [0.2, 0.25) is 0 Å². The van der Waals surface area contributed by atoms with E-state index in [1.807, 2.05) is 13.0 Å². The predicted octanol–water partition coefficient (Wildman–Crippen LogP) is 8.93. The SMILES string of the molecule is CCOC(=O)N1c2ccc(Br)cc2[C@@H](Nc2ncc(Br)c(Cc3cc(C(F)(F)F)cc(C(F)(F)F)c3)n2)C[C@H]1CC. The zero-order chi connectivity index (χ0) is 30.1. The number of carbonyl (C=O) groups excluding carboxylic acids is 1. The fraction of sp³-hybridized carbons (Fsp3) is 0.370. The van der Waals surface area contributed by atoms with Crippen LogP contribution >= 0.6 is 31.9 Å². The van der Waals surface area contributed by atoms with Crippen LogP contribution in [0.3, 0.4) is 0 Å². The van der Waals surface area contributed by atoms with Gasteiger partial charge in [0.1, 0.15) is 0 Å². The third-order valence-electron chi connectivity index (χ3n) is 6.57. The second-order valence-corrected chi connectivity index (χ2v) is 11.1. The first-order valence-corrected chi connectivity index (χ1v) is 14.1. The van der Waals surface area contributed by atoms with Crippen molar-refractivity contribution in [2.75, 3.05) is 16.8 Å². The number of hydrogen-bond acceptors (Lipinski definition) is 5. The number of nitrogens with zero attached hydrogens (tertiary/aromatic N) is 3. The number of hydrogen-bond donors (Lipinski definition) is 1. The molecule has 220 valence electrons. The lowest BCUT2D eigenvalue weighted by atomic mass is 9.90. The minimum absolute atomic E-state index is 0.0912. The van der Waals surface area contributed by atoms with Crippen LogP contribution in [0, 0.1) is 0 Å². The molecule has 1 aromatic heterocycles. The maximum absolute atomic E-state index is 13.4. The van der Waals surface area contributed by atoms with E-state index in [9.17, 15) is 31.1 Å². The van der Waals surface area contributed by atoms with Crippen molar-refractivity contribution in [3.63, 3.8) is 0 Å². The van der Waals surface area contributed by atoms with Gasteiger partial charge in [-0.25, -0.2) is 14.8 Å². The smallest absolute Gasteiger partial charge is 0.416 e. The average molecular weight is 710 g/mol. The van der Waals surface area contributed by atoms with Crippen LogP contribution in [-0.2, 0) is 23.5 Å². The molecule has 1 aliphatic heterocycles. The van der Waals surface area contributed by atoms with Crippen LogP contribution in [0.4, 0.5) is 42.8 Å². The monoisotopic (exact) mass is 708 g/mol. The standard InChI is InChI=1S/C27H24Br2F6N4O2/c1-3-18-12-21(19-11-17(28)5-6-23(19)39(18)25(40)41-4-2)37-24-36-13-20(29)22(38-24)9-14-7-15(26(30,31)32)10-16(8-14)27(33,34)35/h5-8,10-11,13,18,21H,3-4,9,12H2,1-2H3,(H,36,37,38)/t18-,21+/m1/s1. The molecule has 0 spiro atoms. The Labute approximate surface area is 248 Å². The van der Waals surface area contributed by atoms with Crippen LogP contribution in [0.25, 0.3) is 0 Å².